The Balaban J connectivity index is 3.49. The Morgan fingerprint density at radius 3 is 1.28 bits per heavy atom. The normalized spacial score (nSPS) is 13.8. The standard InChI is InChI=1S/C14H21Cl3Si/c1-13(2,3)10-7-11(14(4,5)6)9-12(8-10)18(15,16)17/h7-9H,1-6H3. The minimum atomic E-state index is -2.84. The van der Waals surface area contributed by atoms with E-state index in [1.807, 2.05) is 0 Å². The zero-order valence-electron chi connectivity index (χ0n) is 11.9. The topological polar surface area (TPSA) is 0 Å². The van der Waals surface area contributed by atoms with Crippen LogP contribution < -0.4 is 5.19 Å². The molecule has 0 N–H and O–H groups in total. The van der Waals surface area contributed by atoms with Gasteiger partial charge in [-0.3, -0.25) is 0 Å². The molecule has 0 saturated carbocycles. The summed E-state index contributed by atoms with van der Waals surface area (Å²) in [6.45, 7) is 13.1. The Morgan fingerprint density at radius 1 is 0.722 bits per heavy atom. The molecule has 1 aromatic rings. The predicted molar refractivity (Wildman–Crippen MR) is 86.8 cm³/mol. The van der Waals surface area contributed by atoms with E-state index in [4.69, 9.17) is 33.2 Å². The van der Waals surface area contributed by atoms with E-state index in [1.54, 1.807) is 0 Å². The van der Waals surface area contributed by atoms with E-state index in [0.29, 0.717) is 0 Å². The zero-order valence-corrected chi connectivity index (χ0v) is 15.1. The molecule has 0 heterocycles. The second kappa shape index (κ2) is 5.01. The van der Waals surface area contributed by atoms with Crippen LogP contribution in [0.1, 0.15) is 52.7 Å². The van der Waals surface area contributed by atoms with Crippen molar-refractivity contribution in [1.82, 2.24) is 0 Å². The maximum atomic E-state index is 6.17. The lowest BCUT2D eigenvalue weighted by molar-refractivity contribution is 0.569. The second-order valence-electron chi connectivity index (χ2n) is 6.80. The smallest absolute Gasteiger partial charge is 0.121 e. The van der Waals surface area contributed by atoms with Crippen LogP contribution in [0.3, 0.4) is 0 Å². The van der Waals surface area contributed by atoms with Crippen molar-refractivity contribution >= 4 is 44.4 Å². The highest BCUT2D eigenvalue weighted by atomic mass is 35.8. The summed E-state index contributed by atoms with van der Waals surface area (Å²) in [5.74, 6) is 0. The maximum absolute atomic E-state index is 6.17. The molecule has 0 nitrogen and oxygen atoms in total. The van der Waals surface area contributed by atoms with Gasteiger partial charge in [0.25, 0.3) is 0 Å². The highest BCUT2D eigenvalue weighted by molar-refractivity contribution is 7.69. The monoisotopic (exact) mass is 322 g/mol. The van der Waals surface area contributed by atoms with Gasteiger partial charge < -0.3 is 0 Å². The molecule has 0 spiro atoms. The predicted octanol–water partition coefficient (Wildman–Crippen LogP) is 5.14. The minimum absolute atomic E-state index is 0.0559. The third kappa shape index (κ3) is 4.16. The van der Waals surface area contributed by atoms with Gasteiger partial charge in [0, 0.05) is 0 Å². The van der Waals surface area contributed by atoms with Crippen LogP contribution in [0.4, 0.5) is 0 Å². The van der Waals surface area contributed by atoms with Crippen molar-refractivity contribution in [1.29, 1.82) is 0 Å². The van der Waals surface area contributed by atoms with Gasteiger partial charge in [-0.05, 0) is 27.1 Å². The number of hydrogen-bond donors (Lipinski definition) is 0. The van der Waals surface area contributed by atoms with Crippen LogP contribution in [0.2, 0.25) is 0 Å². The second-order valence-corrected chi connectivity index (χ2v) is 15.2. The minimum Gasteiger partial charge on any atom is -0.121 e. The van der Waals surface area contributed by atoms with Gasteiger partial charge >= 0.3 is 6.00 Å². The van der Waals surface area contributed by atoms with Crippen LogP contribution in [-0.2, 0) is 10.8 Å². The molecule has 0 unspecified atom stereocenters. The molecule has 0 bridgehead atoms. The highest BCUT2D eigenvalue weighted by Gasteiger charge is 2.31. The first-order valence-electron chi connectivity index (χ1n) is 6.05. The average Bonchev–Trinajstić information content (AvgIpc) is 2.13. The Bertz CT molecular complexity index is 355. The van der Waals surface area contributed by atoms with E-state index in [9.17, 15) is 0 Å². The van der Waals surface area contributed by atoms with E-state index in [1.165, 1.54) is 11.1 Å². The lowest BCUT2D eigenvalue weighted by Crippen LogP contribution is -2.33. The molecule has 0 aliphatic heterocycles. The third-order valence-electron chi connectivity index (χ3n) is 2.99. The van der Waals surface area contributed by atoms with Crippen LogP contribution in [0, 0.1) is 0 Å². The Kier molecular flexibility index (Phi) is 4.55. The van der Waals surface area contributed by atoms with Gasteiger partial charge in [0.1, 0.15) is 0 Å². The average molecular weight is 324 g/mol. The fourth-order valence-electron chi connectivity index (χ4n) is 1.66. The van der Waals surface area contributed by atoms with E-state index in [0.717, 1.165) is 5.19 Å². The number of halogens is 3. The lowest BCUT2D eigenvalue weighted by atomic mass is 9.81. The van der Waals surface area contributed by atoms with E-state index < -0.39 is 6.00 Å². The molecule has 0 aliphatic carbocycles. The first kappa shape index (κ1) is 16.4. The van der Waals surface area contributed by atoms with Crippen LogP contribution in [-0.4, -0.2) is 6.00 Å². The van der Waals surface area contributed by atoms with Crippen LogP contribution in [0.15, 0.2) is 18.2 Å². The molecule has 0 radical (unpaired) electrons. The number of rotatable bonds is 1. The van der Waals surface area contributed by atoms with Crippen molar-refractivity contribution in [3.05, 3.63) is 29.3 Å². The Labute approximate surface area is 126 Å². The summed E-state index contributed by atoms with van der Waals surface area (Å²) in [4.78, 5) is 0. The molecule has 0 amide bonds. The molecule has 4 heteroatoms. The van der Waals surface area contributed by atoms with Gasteiger partial charge in [-0.25, -0.2) is 0 Å². The number of hydrogen-bond acceptors (Lipinski definition) is 0. The Morgan fingerprint density at radius 2 is 1.06 bits per heavy atom. The molecule has 0 aliphatic rings. The first-order valence-corrected chi connectivity index (χ1v) is 11.1. The van der Waals surface area contributed by atoms with Crippen molar-refractivity contribution in [3.8, 4) is 0 Å². The maximum Gasteiger partial charge on any atom is 0.372 e. The summed E-state index contributed by atoms with van der Waals surface area (Å²) in [6.07, 6.45) is 0. The van der Waals surface area contributed by atoms with Crippen LogP contribution >= 0.6 is 33.2 Å². The fourth-order valence-corrected chi connectivity index (χ4v) is 3.28. The summed E-state index contributed by atoms with van der Waals surface area (Å²) in [6, 6.07) is 3.49. The molecule has 18 heavy (non-hydrogen) atoms. The molecule has 0 fully saturated rings. The molecule has 1 rings (SSSR count). The van der Waals surface area contributed by atoms with Gasteiger partial charge in [-0.2, -0.15) is 0 Å². The quantitative estimate of drug-likeness (QED) is 0.495. The first-order chi connectivity index (χ1) is 7.82. The van der Waals surface area contributed by atoms with E-state index in [2.05, 4.69) is 59.7 Å². The van der Waals surface area contributed by atoms with Crippen molar-refractivity contribution in [2.24, 2.45) is 0 Å². The molecule has 0 saturated heterocycles. The number of benzene rings is 1. The van der Waals surface area contributed by atoms with Gasteiger partial charge in [-0.15, -0.1) is 33.2 Å². The summed E-state index contributed by atoms with van der Waals surface area (Å²) >= 11 is 18.5. The summed E-state index contributed by atoms with van der Waals surface area (Å²) in [7, 11) is 0. The largest absolute Gasteiger partial charge is 0.372 e. The van der Waals surface area contributed by atoms with Crippen LogP contribution in [0.25, 0.3) is 0 Å². The SMILES string of the molecule is CC(C)(C)c1cc(C(C)(C)C)cc([Si](Cl)(Cl)Cl)c1. The zero-order chi connectivity index (χ0) is 14.4. The van der Waals surface area contributed by atoms with Crippen molar-refractivity contribution < 1.29 is 0 Å². The molecule has 1 aromatic carbocycles. The summed E-state index contributed by atoms with van der Waals surface area (Å²) < 4.78 is 0. The van der Waals surface area contributed by atoms with Gasteiger partial charge in [-0.1, -0.05) is 59.7 Å². The molecule has 0 atom stereocenters. The fraction of sp³-hybridized carbons (Fsp3) is 0.571. The molecule has 0 aromatic heterocycles. The van der Waals surface area contributed by atoms with Crippen molar-refractivity contribution in [2.75, 3.05) is 0 Å². The third-order valence-corrected chi connectivity index (χ3v) is 5.90. The van der Waals surface area contributed by atoms with E-state index >= 15 is 0 Å². The summed E-state index contributed by atoms with van der Waals surface area (Å²) in [5, 5.41) is 0.879. The molecular formula is C14H21Cl3Si. The van der Waals surface area contributed by atoms with Crippen molar-refractivity contribution in [3.63, 3.8) is 0 Å². The summed E-state index contributed by atoms with van der Waals surface area (Å²) in [5.41, 5.74) is 2.56. The van der Waals surface area contributed by atoms with E-state index in [-0.39, 0.29) is 10.8 Å². The molecular weight excluding hydrogens is 303 g/mol. The van der Waals surface area contributed by atoms with Gasteiger partial charge in [0.15, 0.2) is 0 Å². The van der Waals surface area contributed by atoms with Gasteiger partial charge in [0.2, 0.25) is 0 Å². The van der Waals surface area contributed by atoms with Crippen molar-refractivity contribution in [2.45, 2.75) is 52.4 Å². The van der Waals surface area contributed by atoms with Crippen LogP contribution in [0.5, 0.6) is 0 Å². The molecule has 102 valence electrons. The highest BCUT2D eigenvalue weighted by Crippen LogP contribution is 2.30. The lowest BCUT2D eigenvalue weighted by Gasteiger charge is -2.27. The van der Waals surface area contributed by atoms with Gasteiger partial charge in [0.05, 0.1) is 0 Å². The Hall–Kier alpha value is 0.307.